The van der Waals surface area contributed by atoms with E-state index in [-0.39, 0.29) is 6.10 Å². The second-order valence-electron chi connectivity index (χ2n) is 4.74. The number of ether oxygens (including phenoxy) is 3. The first-order chi connectivity index (χ1) is 8.70. The average molecular weight is 261 g/mol. The van der Waals surface area contributed by atoms with Crippen molar-refractivity contribution in [3.8, 4) is 0 Å². The van der Waals surface area contributed by atoms with Crippen molar-refractivity contribution in [3.63, 3.8) is 0 Å². The van der Waals surface area contributed by atoms with E-state index >= 15 is 0 Å². The monoisotopic (exact) mass is 261 g/mol. The van der Waals surface area contributed by atoms with Gasteiger partial charge in [-0.25, -0.2) is 0 Å². The SMILES string of the molecule is CCCC(C)NCC(C)OCCCOCCOC. The molecule has 0 aromatic carbocycles. The molecule has 0 aliphatic rings. The van der Waals surface area contributed by atoms with Crippen LogP contribution in [-0.4, -0.2) is 52.2 Å². The Balaban J connectivity index is 3.23. The van der Waals surface area contributed by atoms with Gasteiger partial charge in [-0.3, -0.25) is 0 Å². The summed E-state index contributed by atoms with van der Waals surface area (Å²) >= 11 is 0. The summed E-state index contributed by atoms with van der Waals surface area (Å²) in [6.07, 6.45) is 3.66. The lowest BCUT2D eigenvalue weighted by Crippen LogP contribution is -2.33. The van der Waals surface area contributed by atoms with Crippen LogP contribution in [0.25, 0.3) is 0 Å². The molecule has 0 bridgehead atoms. The summed E-state index contributed by atoms with van der Waals surface area (Å²) in [7, 11) is 1.68. The fraction of sp³-hybridized carbons (Fsp3) is 1.00. The van der Waals surface area contributed by atoms with E-state index in [0.29, 0.717) is 19.3 Å². The number of hydrogen-bond donors (Lipinski definition) is 1. The molecule has 0 spiro atoms. The van der Waals surface area contributed by atoms with Gasteiger partial charge in [-0.05, 0) is 26.7 Å². The lowest BCUT2D eigenvalue weighted by atomic mass is 10.2. The largest absolute Gasteiger partial charge is 0.382 e. The third-order valence-electron chi connectivity index (χ3n) is 2.74. The second kappa shape index (κ2) is 13.3. The smallest absolute Gasteiger partial charge is 0.0700 e. The molecule has 0 radical (unpaired) electrons. The van der Waals surface area contributed by atoms with Gasteiger partial charge in [0.05, 0.1) is 19.3 Å². The van der Waals surface area contributed by atoms with E-state index in [1.807, 2.05) is 0 Å². The molecule has 18 heavy (non-hydrogen) atoms. The number of hydrogen-bond acceptors (Lipinski definition) is 4. The molecule has 110 valence electrons. The van der Waals surface area contributed by atoms with Crippen LogP contribution in [0.2, 0.25) is 0 Å². The third-order valence-corrected chi connectivity index (χ3v) is 2.74. The topological polar surface area (TPSA) is 39.7 Å². The van der Waals surface area contributed by atoms with Gasteiger partial charge in [0.2, 0.25) is 0 Å². The van der Waals surface area contributed by atoms with E-state index < -0.39 is 0 Å². The van der Waals surface area contributed by atoms with Gasteiger partial charge in [0, 0.05) is 32.9 Å². The Kier molecular flexibility index (Phi) is 13.2. The predicted molar refractivity (Wildman–Crippen MR) is 75.1 cm³/mol. The summed E-state index contributed by atoms with van der Waals surface area (Å²) in [6, 6.07) is 0.582. The summed E-state index contributed by atoms with van der Waals surface area (Å²) in [5, 5.41) is 3.48. The summed E-state index contributed by atoms with van der Waals surface area (Å²) < 4.78 is 16.0. The summed E-state index contributed by atoms with van der Waals surface area (Å²) in [4.78, 5) is 0. The minimum atomic E-state index is 0.267. The lowest BCUT2D eigenvalue weighted by molar-refractivity contribution is 0.0296. The summed E-state index contributed by atoms with van der Waals surface area (Å²) in [5.74, 6) is 0. The van der Waals surface area contributed by atoms with Gasteiger partial charge < -0.3 is 19.5 Å². The lowest BCUT2D eigenvalue weighted by Gasteiger charge is -2.17. The van der Waals surface area contributed by atoms with Crippen LogP contribution in [0.3, 0.4) is 0 Å². The Morgan fingerprint density at radius 2 is 1.83 bits per heavy atom. The van der Waals surface area contributed by atoms with E-state index in [9.17, 15) is 0 Å². The highest BCUT2D eigenvalue weighted by atomic mass is 16.5. The van der Waals surface area contributed by atoms with Gasteiger partial charge in [0.25, 0.3) is 0 Å². The highest BCUT2D eigenvalue weighted by Gasteiger charge is 2.04. The number of nitrogens with one attached hydrogen (secondary N) is 1. The molecule has 0 aliphatic heterocycles. The predicted octanol–water partition coefficient (Wildman–Crippen LogP) is 2.22. The maximum Gasteiger partial charge on any atom is 0.0700 e. The molecule has 4 nitrogen and oxygen atoms in total. The minimum Gasteiger partial charge on any atom is -0.382 e. The second-order valence-corrected chi connectivity index (χ2v) is 4.74. The molecule has 1 N–H and O–H groups in total. The zero-order valence-electron chi connectivity index (χ0n) is 12.5. The van der Waals surface area contributed by atoms with Gasteiger partial charge in [-0.2, -0.15) is 0 Å². The van der Waals surface area contributed by atoms with Crippen LogP contribution < -0.4 is 5.32 Å². The zero-order valence-corrected chi connectivity index (χ0v) is 12.5. The molecule has 0 saturated heterocycles. The van der Waals surface area contributed by atoms with Crippen molar-refractivity contribution < 1.29 is 14.2 Å². The van der Waals surface area contributed by atoms with Crippen LogP contribution in [0, 0.1) is 0 Å². The van der Waals surface area contributed by atoms with Crippen LogP contribution in [-0.2, 0) is 14.2 Å². The van der Waals surface area contributed by atoms with Crippen molar-refractivity contribution >= 4 is 0 Å². The van der Waals surface area contributed by atoms with Crippen LogP contribution in [0.4, 0.5) is 0 Å². The van der Waals surface area contributed by atoms with Crippen molar-refractivity contribution in [2.24, 2.45) is 0 Å². The Morgan fingerprint density at radius 3 is 2.50 bits per heavy atom. The van der Waals surface area contributed by atoms with Crippen LogP contribution in [0.1, 0.15) is 40.0 Å². The third kappa shape index (κ3) is 12.3. The van der Waals surface area contributed by atoms with Crippen molar-refractivity contribution in [2.45, 2.75) is 52.2 Å². The maximum absolute atomic E-state index is 5.70. The summed E-state index contributed by atoms with van der Waals surface area (Å²) in [5.41, 5.74) is 0. The number of methoxy groups -OCH3 is 1. The molecular formula is C14H31NO3. The molecule has 4 heteroatoms. The summed E-state index contributed by atoms with van der Waals surface area (Å²) in [6.45, 7) is 10.3. The quantitative estimate of drug-likeness (QED) is 0.516. The molecular weight excluding hydrogens is 230 g/mol. The molecule has 0 aromatic heterocycles. The number of rotatable bonds is 13. The molecule has 0 rings (SSSR count). The standard InChI is InChI=1S/C14H31NO3/c1-5-7-13(2)15-12-14(3)18-9-6-8-17-11-10-16-4/h13-15H,5-12H2,1-4H3. The molecule has 2 unspecified atom stereocenters. The van der Waals surface area contributed by atoms with E-state index in [4.69, 9.17) is 14.2 Å². The van der Waals surface area contributed by atoms with Gasteiger partial charge in [-0.1, -0.05) is 13.3 Å². The first-order valence-electron chi connectivity index (χ1n) is 7.12. The van der Waals surface area contributed by atoms with Crippen molar-refractivity contribution in [2.75, 3.05) is 40.1 Å². The molecule has 0 aromatic rings. The minimum absolute atomic E-state index is 0.267. The van der Waals surface area contributed by atoms with Crippen molar-refractivity contribution in [3.05, 3.63) is 0 Å². The van der Waals surface area contributed by atoms with Gasteiger partial charge in [-0.15, -0.1) is 0 Å². The molecule has 0 aliphatic carbocycles. The average Bonchev–Trinajstić information content (AvgIpc) is 2.35. The highest BCUT2D eigenvalue weighted by molar-refractivity contribution is 4.62. The zero-order chi connectivity index (χ0) is 13.6. The first kappa shape index (κ1) is 17.8. The molecule has 0 heterocycles. The van der Waals surface area contributed by atoms with E-state index in [1.165, 1.54) is 12.8 Å². The van der Waals surface area contributed by atoms with E-state index in [1.54, 1.807) is 7.11 Å². The molecule has 0 amide bonds. The van der Waals surface area contributed by atoms with Crippen LogP contribution in [0.5, 0.6) is 0 Å². The van der Waals surface area contributed by atoms with Crippen molar-refractivity contribution in [1.82, 2.24) is 5.32 Å². The van der Waals surface area contributed by atoms with Crippen LogP contribution >= 0.6 is 0 Å². The highest BCUT2D eigenvalue weighted by Crippen LogP contribution is 1.97. The van der Waals surface area contributed by atoms with Gasteiger partial charge >= 0.3 is 0 Å². The Morgan fingerprint density at radius 1 is 1.06 bits per heavy atom. The van der Waals surface area contributed by atoms with Crippen molar-refractivity contribution in [1.29, 1.82) is 0 Å². The first-order valence-corrected chi connectivity index (χ1v) is 7.12. The van der Waals surface area contributed by atoms with E-state index in [0.717, 1.165) is 26.2 Å². The Bertz CT molecular complexity index is 167. The fourth-order valence-electron chi connectivity index (χ4n) is 1.65. The Hall–Kier alpha value is -0.160. The fourth-order valence-corrected chi connectivity index (χ4v) is 1.65. The maximum atomic E-state index is 5.70. The van der Waals surface area contributed by atoms with E-state index in [2.05, 4.69) is 26.1 Å². The van der Waals surface area contributed by atoms with Crippen LogP contribution in [0.15, 0.2) is 0 Å². The molecule has 2 atom stereocenters. The molecule has 0 saturated carbocycles. The van der Waals surface area contributed by atoms with Gasteiger partial charge in [0.15, 0.2) is 0 Å². The normalized spacial score (nSPS) is 14.7. The molecule has 0 fully saturated rings. The Labute approximate surface area is 112 Å². The van der Waals surface area contributed by atoms with Gasteiger partial charge in [0.1, 0.15) is 0 Å².